The molecule has 0 aliphatic rings. The van der Waals surface area contributed by atoms with Gasteiger partial charge >= 0.3 is 5.69 Å². The SMILES string of the molecule is CCc1c(O)n(C(C)Cc2ccsc2)c(=O)[nH]c1=O. The molecule has 0 saturated carbocycles. The van der Waals surface area contributed by atoms with E-state index in [0.717, 1.165) is 5.56 Å². The predicted molar refractivity (Wildman–Crippen MR) is 75.1 cm³/mol. The van der Waals surface area contributed by atoms with Crippen LogP contribution in [-0.4, -0.2) is 14.7 Å². The Hall–Kier alpha value is -1.82. The molecule has 0 saturated heterocycles. The predicted octanol–water partition coefficient (Wildman–Crippen LogP) is 1.67. The summed E-state index contributed by atoms with van der Waals surface area (Å²) in [5.41, 5.74) is 0.274. The number of aromatic nitrogens is 2. The van der Waals surface area contributed by atoms with Crippen LogP contribution in [0.3, 0.4) is 0 Å². The second-order valence-electron chi connectivity index (χ2n) is 4.47. The second-order valence-corrected chi connectivity index (χ2v) is 5.25. The fourth-order valence-electron chi connectivity index (χ4n) is 2.14. The van der Waals surface area contributed by atoms with E-state index in [2.05, 4.69) is 4.98 Å². The van der Waals surface area contributed by atoms with Gasteiger partial charge in [-0.05, 0) is 42.2 Å². The molecule has 0 aromatic carbocycles. The summed E-state index contributed by atoms with van der Waals surface area (Å²) in [6.45, 7) is 3.61. The lowest BCUT2D eigenvalue weighted by Gasteiger charge is -2.17. The van der Waals surface area contributed by atoms with E-state index < -0.39 is 11.2 Å². The van der Waals surface area contributed by atoms with Crippen molar-refractivity contribution < 1.29 is 5.11 Å². The van der Waals surface area contributed by atoms with Gasteiger partial charge in [0.2, 0.25) is 5.88 Å². The minimum Gasteiger partial charge on any atom is -0.494 e. The maximum Gasteiger partial charge on any atom is 0.331 e. The number of aromatic hydroxyl groups is 1. The first-order chi connectivity index (χ1) is 9.04. The van der Waals surface area contributed by atoms with E-state index in [1.807, 2.05) is 23.8 Å². The molecule has 0 amide bonds. The van der Waals surface area contributed by atoms with Crippen LogP contribution < -0.4 is 11.2 Å². The zero-order valence-electron chi connectivity index (χ0n) is 10.8. The Balaban J connectivity index is 2.44. The molecule has 2 aromatic heterocycles. The van der Waals surface area contributed by atoms with Crippen molar-refractivity contribution in [3.8, 4) is 5.88 Å². The van der Waals surface area contributed by atoms with Gasteiger partial charge in [-0.15, -0.1) is 0 Å². The number of H-pyrrole nitrogens is 1. The lowest BCUT2D eigenvalue weighted by molar-refractivity contribution is 0.364. The smallest absolute Gasteiger partial charge is 0.331 e. The third kappa shape index (κ3) is 2.63. The molecule has 0 fully saturated rings. The summed E-state index contributed by atoms with van der Waals surface area (Å²) < 4.78 is 1.25. The van der Waals surface area contributed by atoms with E-state index in [1.54, 1.807) is 18.3 Å². The first-order valence-electron chi connectivity index (χ1n) is 6.12. The van der Waals surface area contributed by atoms with Crippen molar-refractivity contribution in [2.75, 3.05) is 0 Å². The van der Waals surface area contributed by atoms with Crippen LogP contribution >= 0.6 is 11.3 Å². The summed E-state index contributed by atoms with van der Waals surface area (Å²) in [7, 11) is 0. The van der Waals surface area contributed by atoms with Gasteiger partial charge in [-0.25, -0.2) is 4.79 Å². The van der Waals surface area contributed by atoms with Crippen molar-refractivity contribution in [2.45, 2.75) is 32.7 Å². The highest BCUT2D eigenvalue weighted by Crippen LogP contribution is 2.20. The highest BCUT2D eigenvalue weighted by molar-refractivity contribution is 7.07. The lowest BCUT2D eigenvalue weighted by Crippen LogP contribution is -2.34. The zero-order valence-corrected chi connectivity index (χ0v) is 11.7. The summed E-state index contributed by atoms with van der Waals surface area (Å²) in [6.07, 6.45) is 1.01. The third-order valence-corrected chi connectivity index (χ3v) is 3.85. The topological polar surface area (TPSA) is 75.1 Å². The maximum atomic E-state index is 11.8. The van der Waals surface area contributed by atoms with E-state index in [1.165, 1.54) is 4.57 Å². The molecule has 0 aliphatic carbocycles. The fourth-order valence-corrected chi connectivity index (χ4v) is 2.83. The third-order valence-electron chi connectivity index (χ3n) is 3.12. The second kappa shape index (κ2) is 5.44. The molecule has 2 N–H and O–H groups in total. The van der Waals surface area contributed by atoms with Crippen molar-refractivity contribution in [3.63, 3.8) is 0 Å². The summed E-state index contributed by atoms with van der Waals surface area (Å²) in [4.78, 5) is 25.7. The van der Waals surface area contributed by atoms with Crippen LogP contribution in [-0.2, 0) is 12.8 Å². The average Bonchev–Trinajstić information content (AvgIpc) is 2.81. The van der Waals surface area contributed by atoms with E-state index in [9.17, 15) is 14.7 Å². The van der Waals surface area contributed by atoms with Crippen LogP contribution in [0.5, 0.6) is 5.88 Å². The molecule has 6 heteroatoms. The Labute approximate surface area is 114 Å². The Morgan fingerprint density at radius 2 is 2.21 bits per heavy atom. The first kappa shape index (κ1) is 13.6. The van der Waals surface area contributed by atoms with E-state index in [4.69, 9.17) is 0 Å². The summed E-state index contributed by atoms with van der Waals surface area (Å²) in [5, 5.41) is 14.1. The van der Waals surface area contributed by atoms with E-state index >= 15 is 0 Å². The molecular weight excluding hydrogens is 264 g/mol. The van der Waals surface area contributed by atoms with Crippen molar-refractivity contribution in [3.05, 3.63) is 48.8 Å². The molecule has 2 heterocycles. The molecule has 19 heavy (non-hydrogen) atoms. The Bertz CT molecular complexity index is 670. The summed E-state index contributed by atoms with van der Waals surface area (Å²) in [5.74, 6) is -0.223. The van der Waals surface area contributed by atoms with Gasteiger partial charge in [-0.1, -0.05) is 6.92 Å². The standard InChI is InChI=1S/C13H16N2O3S/c1-3-10-11(16)14-13(18)15(12(10)17)8(2)6-9-4-5-19-7-9/h4-5,7-8,17H,3,6H2,1-2H3,(H,14,16,18). The van der Waals surface area contributed by atoms with Crippen LogP contribution in [0.2, 0.25) is 0 Å². The molecule has 0 bridgehead atoms. The highest BCUT2D eigenvalue weighted by atomic mass is 32.1. The normalized spacial score (nSPS) is 12.5. The maximum absolute atomic E-state index is 11.8. The molecule has 102 valence electrons. The van der Waals surface area contributed by atoms with Crippen molar-refractivity contribution in [1.82, 2.24) is 9.55 Å². The van der Waals surface area contributed by atoms with Gasteiger partial charge in [0.15, 0.2) is 0 Å². The molecule has 1 unspecified atom stereocenters. The average molecular weight is 280 g/mol. The lowest BCUT2D eigenvalue weighted by atomic mass is 10.1. The minimum atomic E-state index is -0.567. The first-order valence-corrected chi connectivity index (χ1v) is 7.06. The fraction of sp³-hybridized carbons (Fsp3) is 0.385. The molecule has 0 aliphatic heterocycles. The van der Waals surface area contributed by atoms with Gasteiger partial charge in [-0.3, -0.25) is 14.3 Å². The Morgan fingerprint density at radius 3 is 2.79 bits per heavy atom. The van der Waals surface area contributed by atoms with Crippen LogP contribution in [0.1, 0.15) is 31.0 Å². The van der Waals surface area contributed by atoms with Gasteiger partial charge in [0.1, 0.15) is 0 Å². The van der Waals surface area contributed by atoms with Crippen LogP contribution in [0.25, 0.3) is 0 Å². The van der Waals surface area contributed by atoms with Gasteiger partial charge in [0.05, 0.1) is 5.56 Å². The number of aromatic amines is 1. The summed E-state index contributed by atoms with van der Waals surface area (Å²) in [6, 6.07) is 1.76. The van der Waals surface area contributed by atoms with Crippen LogP contribution in [0, 0.1) is 0 Å². The molecule has 1 atom stereocenters. The molecule has 2 aromatic rings. The highest BCUT2D eigenvalue weighted by Gasteiger charge is 2.17. The number of thiophene rings is 1. The number of nitrogens with one attached hydrogen (secondary N) is 1. The number of hydrogen-bond acceptors (Lipinski definition) is 4. The number of hydrogen-bond donors (Lipinski definition) is 2. The number of nitrogens with zero attached hydrogens (tertiary/aromatic N) is 1. The van der Waals surface area contributed by atoms with Gasteiger partial charge < -0.3 is 5.11 Å². The molecular formula is C13H16N2O3S. The monoisotopic (exact) mass is 280 g/mol. The largest absolute Gasteiger partial charge is 0.494 e. The van der Waals surface area contributed by atoms with Crippen molar-refractivity contribution in [2.24, 2.45) is 0 Å². The zero-order chi connectivity index (χ0) is 14.0. The quantitative estimate of drug-likeness (QED) is 0.894. The van der Waals surface area contributed by atoms with Gasteiger partial charge in [-0.2, -0.15) is 11.3 Å². The molecule has 5 nitrogen and oxygen atoms in total. The molecule has 0 spiro atoms. The molecule has 0 radical (unpaired) electrons. The van der Waals surface area contributed by atoms with Crippen molar-refractivity contribution in [1.29, 1.82) is 0 Å². The van der Waals surface area contributed by atoms with E-state index in [-0.39, 0.29) is 17.5 Å². The minimum absolute atomic E-state index is 0.218. The van der Waals surface area contributed by atoms with Crippen LogP contribution in [0.15, 0.2) is 26.4 Å². The summed E-state index contributed by atoms with van der Waals surface area (Å²) >= 11 is 1.59. The van der Waals surface area contributed by atoms with Crippen LogP contribution in [0.4, 0.5) is 0 Å². The van der Waals surface area contributed by atoms with Gasteiger partial charge in [0, 0.05) is 6.04 Å². The molecule has 2 rings (SSSR count). The Morgan fingerprint density at radius 1 is 1.47 bits per heavy atom. The van der Waals surface area contributed by atoms with E-state index in [0.29, 0.717) is 12.8 Å². The Kier molecular flexibility index (Phi) is 3.90. The van der Waals surface area contributed by atoms with Gasteiger partial charge in [0.25, 0.3) is 5.56 Å². The number of rotatable bonds is 4. The van der Waals surface area contributed by atoms with Crippen molar-refractivity contribution >= 4 is 11.3 Å².